The molecule has 1 aliphatic rings. The van der Waals surface area contributed by atoms with E-state index in [1.165, 1.54) is 19.3 Å². The number of ether oxygens (including phenoxy) is 1. The van der Waals surface area contributed by atoms with E-state index in [2.05, 4.69) is 39.9 Å². The highest BCUT2D eigenvalue weighted by molar-refractivity contribution is 4.90. The maximum atomic E-state index is 5.73. The molecule has 2 heteroatoms. The average Bonchev–Trinajstić information content (AvgIpc) is 2.25. The van der Waals surface area contributed by atoms with Crippen LogP contribution in [0.4, 0.5) is 0 Å². The van der Waals surface area contributed by atoms with Crippen molar-refractivity contribution in [3.63, 3.8) is 0 Å². The van der Waals surface area contributed by atoms with Crippen LogP contribution in [-0.4, -0.2) is 25.3 Å². The van der Waals surface area contributed by atoms with Gasteiger partial charge in [-0.25, -0.2) is 0 Å². The molecule has 2 atom stereocenters. The van der Waals surface area contributed by atoms with Crippen molar-refractivity contribution in [2.24, 2.45) is 11.3 Å². The minimum absolute atomic E-state index is 0.206. The monoisotopic (exact) mass is 227 g/mol. The Bertz CT molecular complexity index is 201. The SMILES string of the molecule is CCC(C)C1(CNC(C)(C)C)CCCOC1. The van der Waals surface area contributed by atoms with Gasteiger partial charge < -0.3 is 10.1 Å². The molecule has 0 amide bonds. The van der Waals surface area contributed by atoms with Crippen molar-refractivity contribution in [1.82, 2.24) is 5.32 Å². The first-order valence-corrected chi connectivity index (χ1v) is 6.72. The quantitative estimate of drug-likeness (QED) is 0.796. The molecule has 1 fully saturated rings. The van der Waals surface area contributed by atoms with Gasteiger partial charge >= 0.3 is 0 Å². The Morgan fingerprint density at radius 2 is 2.06 bits per heavy atom. The summed E-state index contributed by atoms with van der Waals surface area (Å²) in [5, 5.41) is 3.67. The molecule has 0 spiro atoms. The van der Waals surface area contributed by atoms with Crippen LogP contribution in [0, 0.1) is 11.3 Å². The van der Waals surface area contributed by atoms with Gasteiger partial charge in [-0.05, 0) is 39.5 Å². The summed E-state index contributed by atoms with van der Waals surface area (Å²) in [7, 11) is 0. The van der Waals surface area contributed by atoms with Gasteiger partial charge in [-0.1, -0.05) is 20.3 Å². The van der Waals surface area contributed by atoms with Crippen LogP contribution in [0.2, 0.25) is 0 Å². The van der Waals surface area contributed by atoms with E-state index < -0.39 is 0 Å². The lowest BCUT2D eigenvalue weighted by Gasteiger charge is -2.43. The Kier molecular flexibility index (Phi) is 4.81. The molecule has 0 aliphatic carbocycles. The predicted octanol–water partition coefficient (Wildman–Crippen LogP) is 3.22. The summed E-state index contributed by atoms with van der Waals surface area (Å²) in [5.41, 5.74) is 0.568. The van der Waals surface area contributed by atoms with Crippen LogP contribution < -0.4 is 5.32 Å². The molecule has 1 aliphatic heterocycles. The Morgan fingerprint density at radius 3 is 2.50 bits per heavy atom. The second kappa shape index (κ2) is 5.50. The molecular formula is C14H29NO. The molecule has 0 aromatic carbocycles. The van der Waals surface area contributed by atoms with E-state index in [0.717, 1.165) is 25.7 Å². The molecule has 96 valence electrons. The van der Waals surface area contributed by atoms with E-state index in [-0.39, 0.29) is 5.54 Å². The van der Waals surface area contributed by atoms with Crippen LogP contribution in [0.25, 0.3) is 0 Å². The molecule has 0 bridgehead atoms. The van der Waals surface area contributed by atoms with E-state index in [1.54, 1.807) is 0 Å². The molecule has 1 saturated heterocycles. The molecule has 0 aromatic rings. The molecule has 0 aromatic heterocycles. The summed E-state index contributed by atoms with van der Waals surface area (Å²) in [6.07, 6.45) is 3.77. The first-order valence-electron chi connectivity index (χ1n) is 6.72. The zero-order valence-corrected chi connectivity index (χ0v) is 11.7. The first-order chi connectivity index (χ1) is 7.40. The molecule has 0 radical (unpaired) electrons. The third-order valence-electron chi connectivity index (χ3n) is 3.98. The van der Waals surface area contributed by atoms with Gasteiger partial charge in [0, 0.05) is 24.1 Å². The topological polar surface area (TPSA) is 21.3 Å². The molecule has 1 heterocycles. The fourth-order valence-electron chi connectivity index (χ4n) is 2.45. The minimum atomic E-state index is 0.206. The van der Waals surface area contributed by atoms with Gasteiger partial charge in [0.1, 0.15) is 0 Å². The second-order valence-corrected chi connectivity index (χ2v) is 6.43. The van der Waals surface area contributed by atoms with Gasteiger partial charge in [0.25, 0.3) is 0 Å². The van der Waals surface area contributed by atoms with E-state index in [0.29, 0.717) is 5.41 Å². The van der Waals surface area contributed by atoms with Crippen LogP contribution in [0.5, 0.6) is 0 Å². The minimum Gasteiger partial charge on any atom is -0.381 e. The third-order valence-corrected chi connectivity index (χ3v) is 3.98. The van der Waals surface area contributed by atoms with Crippen molar-refractivity contribution >= 4 is 0 Å². The van der Waals surface area contributed by atoms with Gasteiger partial charge in [0.15, 0.2) is 0 Å². The lowest BCUT2D eigenvalue weighted by atomic mass is 9.71. The number of hydrogen-bond acceptors (Lipinski definition) is 2. The van der Waals surface area contributed by atoms with E-state index >= 15 is 0 Å². The average molecular weight is 227 g/mol. The summed E-state index contributed by atoms with van der Waals surface area (Å²) in [5.74, 6) is 0.739. The highest BCUT2D eigenvalue weighted by Gasteiger charge is 2.37. The van der Waals surface area contributed by atoms with Gasteiger partial charge in [0.2, 0.25) is 0 Å². The van der Waals surface area contributed by atoms with Gasteiger partial charge in [0.05, 0.1) is 6.61 Å². The molecular weight excluding hydrogens is 198 g/mol. The zero-order valence-electron chi connectivity index (χ0n) is 11.7. The maximum Gasteiger partial charge on any atom is 0.0537 e. The Balaban J connectivity index is 2.63. The first kappa shape index (κ1) is 14.0. The van der Waals surface area contributed by atoms with E-state index in [4.69, 9.17) is 4.74 Å². The van der Waals surface area contributed by atoms with Crippen LogP contribution >= 0.6 is 0 Å². The van der Waals surface area contributed by atoms with Crippen molar-refractivity contribution in [2.45, 2.75) is 59.4 Å². The molecule has 2 nitrogen and oxygen atoms in total. The van der Waals surface area contributed by atoms with Crippen molar-refractivity contribution in [3.8, 4) is 0 Å². The van der Waals surface area contributed by atoms with E-state index in [1.807, 2.05) is 0 Å². The van der Waals surface area contributed by atoms with Crippen LogP contribution in [0.15, 0.2) is 0 Å². The number of nitrogens with one attached hydrogen (secondary N) is 1. The molecule has 2 unspecified atom stereocenters. The van der Waals surface area contributed by atoms with Crippen LogP contribution in [0.1, 0.15) is 53.9 Å². The Hall–Kier alpha value is -0.0800. The van der Waals surface area contributed by atoms with Crippen molar-refractivity contribution in [3.05, 3.63) is 0 Å². The largest absolute Gasteiger partial charge is 0.381 e. The van der Waals surface area contributed by atoms with Gasteiger partial charge in [-0.2, -0.15) is 0 Å². The van der Waals surface area contributed by atoms with Crippen LogP contribution in [-0.2, 0) is 4.74 Å². The van der Waals surface area contributed by atoms with Gasteiger partial charge in [-0.3, -0.25) is 0 Å². The number of rotatable bonds is 4. The predicted molar refractivity (Wildman–Crippen MR) is 69.7 cm³/mol. The summed E-state index contributed by atoms with van der Waals surface area (Å²) >= 11 is 0. The summed E-state index contributed by atoms with van der Waals surface area (Å²) < 4.78 is 5.73. The lowest BCUT2D eigenvalue weighted by Crippen LogP contribution is -2.50. The maximum absolute atomic E-state index is 5.73. The highest BCUT2D eigenvalue weighted by Crippen LogP contribution is 2.37. The normalized spacial score (nSPS) is 29.1. The third kappa shape index (κ3) is 3.74. The molecule has 1 N–H and O–H groups in total. The van der Waals surface area contributed by atoms with Crippen molar-refractivity contribution in [1.29, 1.82) is 0 Å². The molecule has 1 rings (SSSR count). The molecule has 16 heavy (non-hydrogen) atoms. The van der Waals surface area contributed by atoms with Gasteiger partial charge in [-0.15, -0.1) is 0 Å². The highest BCUT2D eigenvalue weighted by atomic mass is 16.5. The fourth-order valence-corrected chi connectivity index (χ4v) is 2.45. The van der Waals surface area contributed by atoms with Crippen molar-refractivity contribution in [2.75, 3.05) is 19.8 Å². The number of hydrogen-bond donors (Lipinski definition) is 1. The lowest BCUT2D eigenvalue weighted by molar-refractivity contribution is -0.0411. The summed E-state index contributed by atoms with van der Waals surface area (Å²) in [6.45, 7) is 14.4. The van der Waals surface area contributed by atoms with E-state index in [9.17, 15) is 0 Å². The standard InChI is InChI=1S/C14H29NO/c1-6-12(2)14(8-7-9-16-11-14)10-15-13(3,4)5/h12,15H,6-11H2,1-5H3. The Morgan fingerprint density at radius 1 is 1.38 bits per heavy atom. The second-order valence-electron chi connectivity index (χ2n) is 6.43. The zero-order chi connectivity index (χ0) is 12.2. The summed E-state index contributed by atoms with van der Waals surface area (Å²) in [4.78, 5) is 0. The smallest absolute Gasteiger partial charge is 0.0537 e. The Labute approximate surface area is 101 Å². The molecule has 0 saturated carbocycles. The van der Waals surface area contributed by atoms with Crippen molar-refractivity contribution < 1.29 is 4.74 Å². The summed E-state index contributed by atoms with van der Waals surface area (Å²) in [6, 6.07) is 0. The fraction of sp³-hybridized carbons (Fsp3) is 1.00. The van der Waals surface area contributed by atoms with Crippen LogP contribution in [0.3, 0.4) is 0 Å².